The smallest absolute Gasteiger partial charge is 0.261 e. The van der Waals surface area contributed by atoms with Gasteiger partial charge in [-0.1, -0.05) is 42.5 Å². The van der Waals surface area contributed by atoms with Gasteiger partial charge in [-0.2, -0.15) is 0 Å². The molecule has 0 saturated carbocycles. The molecule has 0 amide bonds. The van der Waals surface area contributed by atoms with Crippen molar-refractivity contribution in [3.8, 4) is 17.2 Å². The third kappa shape index (κ3) is 4.73. The molecule has 3 atom stereocenters. The third-order valence-corrected chi connectivity index (χ3v) is 8.58. The maximum atomic E-state index is 13.3. The van der Waals surface area contributed by atoms with Gasteiger partial charge in [0.2, 0.25) is 0 Å². The molecule has 1 heterocycles. The average molecular weight is 525 g/mol. The molecule has 6 nitrogen and oxygen atoms in total. The number of hydrogen-bond acceptors (Lipinski definition) is 5. The summed E-state index contributed by atoms with van der Waals surface area (Å²) in [5.74, 6) is 2.62. The van der Waals surface area contributed by atoms with Gasteiger partial charge >= 0.3 is 0 Å². The third-order valence-electron chi connectivity index (χ3n) is 7.20. The van der Waals surface area contributed by atoms with Crippen LogP contribution >= 0.6 is 0 Å². The predicted octanol–water partition coefficient (Wildman–Crippen LogP) is 7.11. The maximum Gasteiger partial charge on any atom is 0.261 e. The van der Waals surface area contributed by atoms with Crippen LogP contribution in [0.1, 0.15) is 29.5 Å². The van der Waals surface area contributed by atoms with Gasteiger partial charge in [-0.15, -0.1) is 0 Å². The number of sulfonamides is 1. The number of anilines is 2. The molecule has 0 fully saturated rings. The molecule has 0 spiro atoms. The number of rotatable bonds is 7. The van der Waals surface area contributed by atoms with Crippen molar-refractivity contribution in [3.05, 3.63) is 120 Å². The Morgan fingerprint density at radius 1 is 0.842 bits per heavy atom. The molecule has 2 N–H and O–H groups in total. The Hall–Kier alpha value is -4.23. The molecule has 4 aromatic rings. The largest absolute Gasteiger partial charge is 0.497 e. The molecule has 192 valence electrons. The van der Waals surface area contributed by atoms with Crippen LogP contribution < -0.4 is 19.5 Å². The predicted molar refractivity (Wildman–Crippen MR) is 150 cm³/mol. The second-order valence-electron chi connectivity index (χ2n) is 9.54. The lowest BCUT2D eigenvalue weighted by molar-refractivity contribution is 0.411. The molecule has 0 saturated heterocycles. The SMILES string of the molecule is COc1ccc([C@H]2Nc3ccc(S(=O)(=O)Nc4ccc(Oc5ccccc5)cc4)cc3[C@H]3C=CC[C@H]32)cc1. The molecular formula is C31H28N2O4S. The Kier molecular flexibility index (Phi) is 6.29. The minimum atomic E-state index is -3.78. The highest BCUT2D eigenvalue weighted by Gasteiger charge is 2.38. The van der Waals surface area contributed by atoms with Crippen LogP contribution in [-0.4, -0.2) is 15.5 Å². The average Bonchev–Trinajstić information content (AvgIpc) is 3.44. The van der Waals surface area contributed by atoms with Crippen molar-refractivity contribution in [3.63, 3.8) is 0 Å². The van der Waals surface area contributed by atoms with Crippen LogP contribution in [-0.2, 0) is 10.0 Å². The van der Waals surface area contributed by atoms with Crippen LogP contribution in [0.25, 0.3) is 0 Å². The van der Waals surface area contributed by atoms with Crippen LogP contribution in [0, 0.1) is 5.92 Å². The normalized spacial score (nSPS) is 19.7. The Morgan fingerprint density at radius 3 is 2.29 bits per heavy atom. The first kappa shape index (κ1) is 24.1. The summed E-state index contributed by atoms with van der Waals surface area (Å²) in [5, 5.41) is 3.67. The molecule has 0 radical (unpaired) electrons. The summed E-state index contributed by atoms with van der Waals surface area (Å²) in [5.41, 5.74) is 3.62. The van der Waals surface area contributed by atoms with Gasteiger partial charge in [0.25, 0.3) is 10.0 Å². The van der Waals surface area contributed by atoms with Gasteiger partial charge in [-0.25, -0.2) is 8.42 Å². The van der Waals surface area contributed by atoms with E-state index in [4.69, 9.17) is 9.47 Å². The Morgan fingerprint density at radius 2 is 1.55 bits per heavy atom. The van der Waals surface area contributed by atoms with E-state index in [1.54, 1.807) is 43.5 Å². The van der Waals surface area contributed by atoms with E-state index in [1.807, 2.05) is 48.5 Å². The number of methoxy groups -OCH3 is 1. The van der Waals surface area contributed by atoms with E-state index < -0.39 is 10.0 Å². The lowest BCUT2D eigenvalue weighted by Gasteiger charge is -2.37. The van der Waals surface area contributed by atoms with Crippen molar-refractivity contribution in [2.75, 3.05) is 17.1 Å². The van der Waals surface area contributed by atoms with Crippen LogP contribution in [0.15, 0.2) is 114 Å². The summed E-state index contributed by atoms with van der Waals surface area (Å²) in [6, 6.07) is 29.9. The minimum Gasteiger partial charge on any atom is -0.497 e. The number of ether oxygens (including phenoxy) is 2. The molecular weight excluding hydrogens is 496 g/mol. The molecule has 1 aliphatic carbocycles. The number of allylic oxidation sites excluding steroid dienone is 2. The van der Waals surface area contributed by atoms with Crippen LogP contribution in [0.4, 0.5) is 11.4 Å². The van der Waals surface area contributed by atoms with E-state index in [2.05, 4.69) is 34.3 Å². The monoisotopic (exact) mass is 524 g/mol. The molecule has 4 aromatic carbocycles. The van der Waals surface area contributed by atoms with Gasteiger partial charge in [0.05, 0.1) is 18.0 Å². The minimum absolute atomic E-state index is 0.130. The lowest BCUT2D eigenvalue weighted by atomic mass is 9.77. The summed E-state index contributed by atoms with van der Waals surface area (Å²) in [4.78, 5) is 0.240. The zero-order chi connectivity index (χ0) is 26.1. The second-order valence-corrected chi connectivity index (χ2v) is 11.2. The van der Waals surface area contributed by atoms with Crippen LogP contribution in [0.2, 0.25) is 0 Å². The fraction of sp³-hybridized carbons (Fsp3) is 0.161. The van der Waals surface area contributed by atoms with Crippen molar-refractivity contribution in [1.82, 2.24) is 0 Å². The van der Waals surface area contributed by atoms with Gasteiger partial charge in [-0.3, -0.25) is 4.72 Å². The van der Waals surface area contributed by atoms with Crippen molar-refractivity contribution < 1.29 is 17.9 Å². The number of fused-ring (bicyclic) bond motifs is 3. The van der Waals surface area contributed by atoms with Gasteiger partial charge in [-0.05, 0) is 90.2 Å². The summed E-state index contributed by atoms with van der Waals surface area (Å²) >= 11 is 0. The van der Waals surface area contributed by atoms with E-state index in [1.165, 1.54) is 5.56 Å². The topological polar surface area (TPSA) is 76.7 Å². The number of para-hydroxylation sites is 1. The highest BCUT2D eigenvalue weighted by atomic mass is 32.2. The van der Waals surface area contributed by atoms with Gasteiger partial charge < -0.3 is 14.8 Å². The Labute approximate surface area is 223 Å². The quantitative estimate of drug-likeness (QED) is 0.252. The van der Waals surface area contributed by atoms with E-state index in [9.17, 15) is 8.42 Å². The van der Waals surface area contributed by atoms with Crippen molar-refractivity contribution in [2.45, 2.75) is 23.3 Å². The first-order valence-corrected chi connectivity index (χ1v) is 14.1. The van der Waals surface area contributed by atoms with Crippen LogP contribution in [0.5, 0.6) is 17.2 Å². The molecule has 7 heteroatoms. The fourth-order valence-corrected chi connectivity index (χ4v) is 6.40. The molecule has 2 aliphatic rings. The van der Waals surface area contributed by atoms with Crippen molar-refractivity contribution in [1.29, 1.82) is 0 Å². The molecule has 1 aliphatic heterocycles. The summed E-state index contributed by atoms with van der Waals surface area (Å²) in [6.07, 6.45) is 5.33. The van der Waals surface area contributed by atoms with E-state index in [0.29, 0.717) is 17.4 Å². The molecule has 38 heavy (non-hydrogen) atoms. The van der Waals surface area contributed by atoms with Crippen LogP contribution in [0.3, 0.4) is 0 Å². The van der Waals surface area contributed by atoms with Gasteiger partial charge in [0.15, 0.2) is 0 Å². The highest BCUT2D eigenvalue weighted by Crippen LogP contribution is 2.50. The molecule has 0 unspecified atom stereocenters. The van der Waals surface area contributed by atoms with Gasteiger partial charge in [0, 0.05) is 17.3 Å². The Bertz CT molecular complexity index is 1570. The van der Waals surface area contributed by atoms with Crippen molar-refractivity contribution >= 4 is 21.4 Å². The van der Waals surface area contributed by atoms with Gasteiger partial charge in [0.1, 0.15) is 17.2 Å². The number of benzene rings is 4. The molecule has 6 rings (SSSR count). The first-order valence-electron chi connectivity index (χ1n) is 12.6. The number of nitrogens with one attached hydrogen (secondary N) is 2. The lowest BCUT2D eigenvalue weighted by Crippen LogP contribution is -2.29. The summed E-state index contributed by atoms with van der Waals surface area (Å²) in [7, 11) is -2.11. The van der Waals surface area contributed by atoms with E-state index in [0.717, 1.165) is 29.2 Å². The van der Waals surface area contributed by atoms with E-state index in [-0.39, 0.29) is 16.9 Å². The summed E-state index contributed by atoms with van der Waals surface area (Å²) in [6.45, 7) is 0. The Balaban J connectivity index is 1.22. The molecule has 0 aromatic heterocycles. The zero-order valence-electron chi connectivity index (χ0n) is 20.9. The molecule has 0 bridgehead atoms. The summed E-state index contributed by atoms with van der Waals surface area (Å²) < 4.78 is 40.4. The first-order chi connectivity index (χ1) is 18.5. The maximum absolute atomic E-state index is 13.3. The second kappa shape index (κ2) is 9.91. The fourth-order valence-electron chi connectivity index (χ4n) is 5.31. The number of hydrogen-bond donors (Lipinski definition) is 2. The zero-order valence-corrected chi connectivity index (χ0v) is 21.7. The highest BCUT2D eigenvalue weighted by molar-refractivity contribution is 7.92. The standard InChI is InChI=1S/C31H28N2O4S/c1-36-23-14-10-21(11-15-23)31-28-9-5-8-27(28)29-20-26(18-19-30(29)32-31)38(34,35)33-22-12-16-25(17-13-22)37-24-6-3-2-4-7-24/h2-8,10-20,27-28,31-33H,9H2,1H3/t27-,28+,31+/m0/s1. The van der Waals surface area contributed by atoms with Crippen molar-refractivity contribution in [2.24, 2.45) is 5.92 Å². The van der Waals surface area contributed by atoms with E-state index >= 15 is 0 Å².